The zero-order valence-electron chi connectivity index (χ0n) is 17.4. The molecule has 0 aliphatic rings. The third-order valence-electron chi connectivity index (χ3n) is 3.94. The summed E-state index contributed by atoms with van der Waals surface area (Å²) in [6, 6.07) is 0.664. The van der Waals surface area contributed by atoms with Crippen LogP contribution in [0.5, 0.6) is 0 Å². The van der Waals surface area contributed by atoms with E-state index in [1.807, 2.05) is 26.8 Å². The largest absolute Gasteiger partial charge is 0.501 e. The molecule has 0 spiro atoms. The van der Waals surface area contributed by atoms with Crippen LogP contribution < -0.4 is 0 Å². The molecule has 154 valence electrons. The van der Waals surface area contributed by atoms with Gasteiger partial charge < -0.3 is 18.0 Å². The Morgan fingerprint density at radius 1 is 0.808 bits per heavy atom. The predicted octanol–water partition coefficient (Wildman–Crippen LogP) is 5.27. The lowest BCUT2D eigenvalue weighted by Gasteiger charge is -2.28. The van der Waals surface area contributed by atoms with Gasteiger partial charge in [-0.2, -0.15) is 0 Å². The fraction of sp³-hybridized carbons (Fsp3) is 0.850. The summed E-state index contributed by atoms with van der Waals surface area (Å²) in [5.74, 6) is -0.271. The average molecular weight is 389 g/mol. The Balaban J connectivity index is 3.92. The van der Waals surface area contributed by atoms with Crippen LogP contribution in [0.1, 0.15) is 79.1 Å². The molecule has 26 heavy (non-hydrogen) atoms. The van der Waals surface area contributed by atoms with Crippen molar-refractivity contribution < 1.29 is 22.8 Å². The minimum atomic E-state index is -2.63. The third kappa shape index (κ3) is 13.5. The van der Waals surface area contributed by atoms with Crippen LogP contribution >= 0.6 is 0 Å². The predicted molar refractivity (Wildman–Crippen MR) is 108 cm³/mol. The van der Waals surface area contributed by atoms with Gasteiger partial charge in [-0.1, -0.05) is 45.1 Å². The first kappa shape index (κ1) is 25.3. The lowest BCUT2D eigenvalue weighted by Crippen LogP contribution is -2.46. The van der Waals surface area contributed by atoms with Gasteiger partial charge in [0.1, 0.15) is 0 Å². The summed E-state index contributed by atoms with van der Waals surface area (Å²) < 4.78 is 22.6. The lowest BCUT2D eigenvalue weighted by atomic mass is 10.1. The zero-order valence-corrected chi connectivity index (χ0v) is 18.4. The van der Waals surface area contributed by atoms with Gasteiger partial charge in [0.2, 0.25) is 0 Å². The molecule has 0 radical (unpaired) electrons. The first-order chi connectivity index (χ1) is 12.6. The van der Waals surface area contributed by atoms with E-state index in [1.165, 1.54) is 32.1 Å². The molecule has 0 bridgehead atoms. The second kappa shape index (κ2) is 17.7. The number of carbonyl (C=O) groups is 1. The normalized spacial score (nSPS) is 12.0. The summed E-state index contributed by atoms with van der Waals surface area (Å²) in [5.41, 5.74) is 0. The van der Waals surface area contributed by atoms with Crippen molar-refractivity contribution in [1.29, 1.82) is 0 Å². The smallest absolute Gasteiger partial charge is 0.463 e. The summed E-state index contributed by atoms with van der Waals surface area (Å²) in [6.07, 6.45) is 12.7. The lowest BCUT2D eigenvalue weighted by molar-refractivity contribution is -0.137. The topological polar surface area (TPSA) is 54.0 Å². The molecule has 0 aromatic heterocycles. The Hall–Kier alpha value is -0.693. The van der Waals surface area contributed by atoms with Crippen molar-refractivity contribution in [2.45, 2.75) is 85.1 Å². The summed E-state index contributed by atoms with van der Waals surface area (Å²) in [6.45, 7) is 10.1. The molecular weight excluding hydrogens is 348 g/mol. The van der Waals surface area contributed by atoms with Gasteiger partial charge in [0, 0.05) is 31.9 Å². The molecule has 0 saturated carbocycles. The van der Waals surface area contributed by atoms with Crippen molar-refractivity contribution in [3.8, 4) is 0 Å². The van der Waals surface area contributed by atoms with E-state index < -0.39 is 8.80 Å². The molecule has 0 saturated heterocycles. The highest BCUT2D eigenvalue weighted by Gasteiger charge is 2.39. The van der Waals surface area contributed by atoms with Gasteiger partial charge in [0.05, 0.1) is 6.61 Å². The molecule has 0 aromatic carbocycles. The van der Waals surface area contributed by atoms with E-state index in [9.17, 15) is 4.79 Å². The molecule has 0 aliphatic carbocycles. The molecular formula is C20H40O5Si. The molecule has 0 atom stereocenters. The van der Waals surface area contributed by atoms with Crippen LogP contribution in [0.15, 0.2) is 12.2 Å². The van der Waals surface area contributed by atoms with Crippen LogP contribution in [0.2, 0.25) is 6.04 Å². The highest BCUT2D eigenvalue weighted by molar-refractivity contribution is 6.60. The molecule has 5 nitrogen and oxygen atoms in total. The van der Waals surface area contributed by atoms with Crippen LogP contribution in [-0.2, 0) is 22.8 Å². The molecule has 0 fully saturated rings. The Kier molecular flexibility index (Phi) is 17.2. The van der Waals surface area contributed by atoms with Crippen LogP contribution in [-0.4, -0.2) is 41.2 Å². The first-order valence-electron chi connectivity index (χ1n) is 10.4. The van der Waals surface area contributed by atoms with Crippen molar-refractivity contribution in [2.75, 3.05) is 26.4 Å². The maximum atomic E-state index is 11.7. The monoisotopic (exact) mass is 388 g/mol. The van der Waals surface area contributed by atoms with Crippen LogP contribution in [0, 0.1) is 0 Å². The van der Waals surface area contributed by atoms with Gasteiger partial charge >= 0.3 is 14.8 Å². The number of allylic oxidation sites excluding steroid dienone is 1. The summed E-state index contributed by atoms with van der Waals surface area (Å²) >= 11 is 0. The molecule has 0 N–H and O–H groups in total. The molecule has 0 aliphatic heterocycles. The Labute approximate surface area is 161 Å². The van der Waals surface area contributed by atoms with Gasteiger partial charge in [-0.15, -0.1) is 0 Å². The SMILES string of the molecule is CCCCCCCCC=CC(=O)OCCC[Si](OCC)(OCC)OCC. The molecule has 6 heteroatoms. The number of hydrogen-bond acceptors (Lipinski definition) is 5. The molecule has 0 aromatic rings. The summed E-state index contributed by atoms with van der Waals surface area (Å²) in [7, 11) is -2.63. The molecule has 0 heterocycles. The van der Waals surface area contributed by atoms with Crippen molar-refractivity contribution in [1.82, 2.24) is 0 Å². The van der Waals surface area contributed by atoms with Crippen molar-refractivity contribution in [2.24, 2.45) is 0 Å². The van der Waals surface area contributed by atoms with E-state index in [0.717, 1.165) is 12.8 Å². The molecule has 0 unspecified atom stereocenters. The van der Waals surface area contributed by atoms with Crippen molar-refractivity contribution >= 4 is 14.8 Å². The molecule has 0 amide bonds. The minimum Gasteiger partial charge on any atom is -0.463 e. The van der Waals surface area contributed by atoms with Crippen LogP contribution in [0.3, 0.4) is 0 Å². The van der Waals surface area contributed by atoms with E-state index in [4.69, 9.17) is 18.0 Å². The second-order valence-corrected chi connectivity index (χ2v) is 8.94. The quantitative estimate of drug-likeness (QED) is 0.138. The Bertz CT molecular complexity index is 343. The number of rotatable bonds is 18. The summed E-state index contributed by atoms with van der Waals surface area (Å²) in [5, 5.41) is 0. The second-order valence-electron chi connectivity index (χ2n) is 6.21. The third-order valence-corrected chi connectivity index (χ3v) is 7.09. The van der Waals surface area contributed by atoms with Crippen molar-refractivity contribution in [3.05, 3.63) is 12.2 Å². The van der Waals surface area contributed by atoms with Gasteiger partial charge in [0.25, 0.3) is 0 Å². The highest BCUT2D eigenvalue weighted by Crippen LogP contribution is 2.18. The van der Waals surface area contributed by atoms with Gasteiger partial charge in [-0.3, -0.25) is 0 Å². The standard InChI is InChI=1S/C20H40O5Si/c1-5-9-10-11-12-13-14-15-17-20(21)22-18-16-19-26(23-6-2,24-7-3)25-8-4/h15,17H,5-14,16,18-19H2,1-4H3. The van der Waals surface area contributed by atoms with Gasteiger partial charge in [-0.05, 0) is 40.0 Å². The number of hydrogen-bond donors (Lipinski definition) is 0. The maximum Gasteiger partial charge on any atom is 0.501 e. The van der Waals surface area contributed by atoms with Gasteiger partial charge in [-0.25, -0.2) is 4.79 Å². The van der Waals surface area contributed by atoms with E-state index in [0.29, 0.717) is 38.9 Å². The average Bonchev–Trinajstić information content (AvgIpc) is 2.62. The van der Waals surface area contributed by atoms with Crippen LogP contribution in [0.25, 0.3) is 0 Å². The van der Waals surface area contributed by atoms with E-state index in [2.05, 4.69) is 6.92 Å². The number of carbonyl (C=O) groups excluding carboxylic acids is 1. The fourth-order valence-corrected chi connectivity index (χ4v) is 5.31. The maximum absolute atomic E-state index is 11.7. The zero-order chi connectivity index (χ0) is 19.5. The number of unbranched alkanes of at least 4 members (excludes halogenated alkanes) is 6. The van der Waals surface area contributed by atoms with E-state index in [1.54, 1.807) is 6.08 Å². The minimum absolute atomic E-state index is 0.271. The Morgan fingerprint density at radius 2 is 1.38 bits per heavy atom. The van der Waals surface area contributed by atoms with E-state index >= 15 is 0 Å². The fourth-order valence-electron chi connectivity index (χ4n) is 2.73. The molecule has 0 rings (SSSR count). The highest BCUT2D eigenvalue weighted by atomic mass is 28.4. The van der Waals surface area contributed by atoms with Crippen molar-refractivity contribution in [3.63, 3.8) is 0 Å². The van der Waals surface area contributed by atoms with Crippen LogP contribution in [0.4, 0.5) is 0 Å². The summed E-state index contributed by atoms with van der Waals surface area (Å²) in [4.78, 5) is 11.7. The van der Waals surface area contributed by atoms with Gasteiger partial charge in [0.15, 0.2) is 0 Å². The van der Waals surface area contributed by atoms with E-state index in [-0.39, 0.29) is 5.97 Å². The number of esters is 1. The number of ether oxygens (including phenoxy) is 1. The Morgan fingerprint density at radius 3 is 1.96 bits per heavy atom. The first-order valence-corrected chi connectivity index (χ1v) is 12.3.